The highest BCUT2D eigenvalue weighted by atomic mass is 16.5. The van der Waals surface area contributed by atoms with Crippen LogP contribution in [0.25, 0.3) is 0 Å². The molecule has 90 valence electrons. The van der Waals surface area contributed by atoms with Crippen molar-refractivity contribution in [3.8, 4) is 0 Å². The largest absolute Gasteiger partial charge is 0.463 e. The van der Waals surface area contributed by atoms with Gasteiger partial charge >= 0.3 is 5.97 Å². The lowest BCUT2D eigenvalue weighted by atomic mass is 9.83. The molecular formula is C12H18O4. The lowest BCUT2D eigenvalue weighted by molar-refractivity contribution is 0.0260. The maximum absolute atomic E-state index is 11.2. The summed E-state index contributed by atoms with van der Waals surface area (Å²) in [6, 6.07) is 3.12. The topological polar surface area (TPSA) is 59.7 Å². The smallest absolute Gasteiger partial charge is 0.373 e. The molecule has 1 rings (SSSR count). The van der Waals surface area contributed by atoms with Gasteiger partial charge in [0.15, 0.2) is 0 Å². The van der Waals surface area contributed by atoms with Crippen molar-refractivity contribution in [3.05, 3.63) is 23.7 Å². The first-order valence-corrected chi connectivity index (χ1v) is 5.28. The van der Waals surface area contributed by atoms with Gasteiger partial charge in [-0.2, -0.15) is 0 Å². The molecule has 16 heavy (non-hydrogen) atoms. The Labute approximate surface area is 95.2 Å². The van der Waals surface area contributed by atoms with Crippen molar-refractivity contribution in [3.63, 3.8) is 0 Å². The van der Waals surface area contributed by atoms with E-state index < -0.39 is 12.1 Å². The van der Waals surface area contributed by atoms with Crippen LogP contribution in [-0.4, -0.2) is 18.2 Å². The van der Waals surface area contributed by atoms with Crippen LogP contribution in [0.2, 0.25) is 0 Å². The fourth-order valence-electron chi connectivity index (χ4n) is 1.29. The van der Waals surface area contributed by atoms with E-state index in [1.165, 1.54) is 13.2 Å². The number of aliphatic hydroxyl groups excluding tert-OH is 1. The Hall–Kier alpha value is -1.29. The minimum atomic E-state index is -0.726. The molecule has 0 radical (unpaired) electrons. The fourth-order valence-corrected chi connectivity index (χ4v) is 1.29. The van der Waals surface area contributed by atoms with Crippen LogP contribution in [0.4, 0.5) is 0 Å². The van der Waals surface area contributed by atoms with Crippen molar-refractivity contribution in [1.29, 1.82) is 0 Å². The van der Waals surface area contributed by atoms with Crippen LogP contribution >= 0.6 is 0 Å². The summed E-state index contributed by atoms with van der Waals surface area (Å²) in [4.78, 5) is 11.2. The third-order valence-corrected chi connectivity index (χ3v) is 2.93. The lowest BCUT2D eigenvalue weighted by Crippen LogP contribution is -2.20. The summed E-state index contributed by atoms with van der Waals surface area (Å²) >= 11 is 0. The van der Waals surface area contributed by atoms with Gasteiger partial charge in [0.1, 0.15) is 11.9 Å². The quantitative estimate of drug-likeness (QED) is 0.801. The molecule has 0 bridgehead atoms. The zero-order valence-corrected chi connectivity index (χ0v) is 10.1. The Morgan fingerprint density at radius 1 is 1.56 bits per heavy atom. The van der Waals surface area contributed by atoms with E-state index in [1.54, 1.807) is 6.07 Å². The Morgan fingerprint density at radius 2 is 2.19 bits per heavy atom. The zero-order valence-electron chi connectivity index (χ0n) is 10.1. The summed E-state index contributed by atoms with van der Waals surface area (Å²) in [6.07, 6.45) is 0.0819. The van der Waals surface area contributed by atoms with E-state index in [1.807, 2.05) is 20.8 Å². The number of carbonyl (C=O) groups is 1. The molecule has 4 nitrogen and oxygen atoms in total. The Kier molecular flexibility index (Phi) is 3.75. The van der Waals surface area contributed by atoms with Gasteiger partial charge in [-0.05, 0) is 24.0 Å². The van der Waals surface area contributed by atoms with E-state index in [0.29, 0.717) is 5.76 Å². The summed E-state index contributed by atoms with van der Waals surface area (Å²) in [6.45, 7) is 5.88. The van der Waals surface area contributed by atoms with Crippen LogP contribution in [-0.2, 0) is 4.74 Å². The second kappa shape index (κ2) is 4.70. The average molecular weight is 226 g/mol. The van der Waals surface area contributed by atoms with Crippen molar-refractivity contribution in [2.24, 2.45) is 5.41 Å². The maximum atomic E-state index is 11.2. The summed E-state index contributed by atoms with van der Waals surface area (Å²) in [5, 5.41) is 10.1. The van der Waals surface area contributed by atoms with Crippen molar-refractivity contribution in [2.45, 2.75) is 33.3 Å². The predicted molar refractivity (Wildman–Crippen MR) is 59.1 cm³/mol. The van der Waals surface area contributed by atoms with E-state index in [2.05, 4.69) is 4.74 Å². The molecule has 0 fully saturated rings. The summed E-state index contributed by atoms with van der Waals surface area (Å²) < 4.78 is 9.79. The molecule has 1 heterocycles. The first-order chi connectivity index (χ1) is 7.42. The zero-order chi connectivity index (χ0) is 12.3. The van der Waals surface area contributed by atoms with Gasteiger partial charge in [-0.25, -0.2) is 4.79 Å². The molecule has 1 aromatic rings. The van der Waals surface area contributed by atoms with Gasteiger partial charge in [-0.15, -0.1) is 0 Å². The lowest BCUT2D eigenvalue weighted by Gasteiger charge is -2.27. The van der Waals surface area contributed by atoms with Crippen molar-refractivity contribution >= 4 is 5.97 Å². The van der Waals surface area contributed by atoms with E-state index in [0.717, 1.165) is 6.42 Å². The molecule has 1 aromatic heterocycles. The molecule has 0 spiro atoms. The van der Waals surface area contributed by atoms with Gasteiger partial charge in [0, 0.05) is 0 Å². The van der Waals surface area contributed by atoms with Crippen LogP contribution in [0.5, 0.6) is 0 Å². The first-order valence-electron chi connectivity index (χ1n) is 5.28. The Morgan fingerprint density at radius 3 is 2.69 bits per heavy atom. The van der Waals surface area contributed by atoms with E-state index in [4.69, 9.17) is 4.42 Å². The minimum Gasteiger partial charge on any atom is -0.463 e. The molecule has 0 aliphatic carbocycles. The van der Waals surface area contributed by atoms with Crippen LogP contribution in [0, 0.1) is 5.41 Å². The molecule has 0 aliphatic heterocycles. The van der Waals surface area contributed by atoms with Gasteiger partial charge in [0.05, 0.1) is 7.11 Å². The molecule has 0 saturated heterocycles. The molecule has 0 amide bonds. The number of hydrogen-bond donors (Lipinski definition) is 1. The van der Waals surface area contributed by atoms with Gasteiger partial charge in [0.25, 0.3) is 0 Å². The van der Waals surface area contributed by atoms with Crippen LogP contribution in [0.1, 0.15) is 49.6 Å². The van der Waals surface area contributed by atoms with Gasteiger partial charge in [-0.3, -0.25) is 0 Å². The number of furan rings is 1. The van der Waals surface area contributed by atoms with Gasteiger partial charge in [0.2, 0.25) is 5.76 Å². The van der Waals surface area contributed by atoms with Gasteiger partial charge < -0.3 is 14.3 Å². The van der Waals surface area contributed by atoms with E-state index in [-0.39, 0.29) is 11.2 Å². The van der Waals surface area contributed by atoms with Crippen LogP contribution in [0.15, 0.2) is 16.5 Å². The van der Waals surface area contributed by atoms with Crippen LogP contribution in [0.3, 0.4) is 0 Å². The monoisotopic (exact) mass is 226 g/mol. The molecule has 0 saturated carbocycles. The highest BCUT2D eigenvalue weighted by Gasteiger charge is 2.30. The third-order valence-electron chi connectivity index (χ3n) is 2.93. The second-order valence-corrected chi connectivity index (χ2v) is 4.44. The number of methoxy groups -OCH3 is 1. The highest BCUT2D eigenvalue weighted by molar-refractivity contribution is 5.86. The summed E-state index contributed by atoms with van der Waals surface area (Å²) in [5.41, 5.74) is -0.286. The number of hydrogen-bond acceptors (Lipinski definition) is 4. The molecule has 1 unspecified atom stereocenters. The second-order valence-electron chi connectivity index (χ2n) is 4.44. The summed E-state index contributed by atoms with van der Waals surface area (Å²) in [7, 11) is 1.29. The average Bonchev–Trinajstić information content (AvgIpc) is 2.76. The molecule has 1 N–H and O–H groups in total. The number of aliphatic hydroxyl groups is 1. The molecule has 4 heteroatoms. The SMILES string of the molecule is CCC(C)(C)C(O)c1ccc(C(=O)OC)o1. The first kappa shape index (κ1) is 12.8. The number of carbonyl (C=O) groups excluding carboxylic acids is 1. The normalized spacial score (nSPS) is 13.6. The third kappa shape index (κ3) is 2.44. The Bertz CT molecular complexity index is 365. The molecule has 0 aliphatic rings. The molecular weight excluding hydrogens is 208 g/mol. The summed E-state index contributed by atoms with van der Waals surface area (Å²) in [5.74, 6) is -0.0246. The Balaban J connectivity index is 2.90. The molecule has 1 atom stereocenters. The minimum absolute atomic E-state index is 0.114. The highest BCUT2D eigenvalue weighted by Crippen LogP contribution is 2.36. The fraction of sp³-hybridized carbons (Fsp3) is 0.583. The van der Waals surface area contributed by atoms with Crippen molar-refractivity contribution in [2.75, 3.05) is 7.11 Å². The van der Waals surface area contributed by atoms with E-state index in [9.17, 15) is 9.90 Å². The predicted octanol–water partition coefficient (Wildman–Crippen LogP) is 2.54. The van der Waals surface area contributed by atoms with Crippen LogP contribution < -0.4 is 0 Å². The number of esters is 1. The van der Waals surface area contributed by atoms with Crippen molar-refractivity contribution < 1.29 is 19.1 Å². The number of ether oxygens (including phenoxy) is 1. The standard InChI is InChI=1S/C12H18O4/c1-5-12(2,3)10(13)8-6-7-9(16-8)11(14)15-4/h6-7,10,13H,5H2,1-4H3. The van der Waals surface area contributed by atoms with Gasteiger partial charge in [-0.1, -0.05) is 20.8 Å². The molecule has 0 aromatic carbocycles. The number of rotatable bonds is 4. The van der Waals surface area contributed by atoms with E-state index >= 15 is 0 Å². The van der Waals surface area contributed by atoms with Crippen molar-refractivity contribution in [1.82, 2.24) is 0 Å². The maximum Gasteiger partial charge on any atom is 0.373 e.